The minimum atomic E-state index is -0.505. The Morgan fingerprint density at radius 3 is 2.74 bits per heavy atom. The molecule has 2 saturated carbocycles. The van der Waals surface area contributed by atoms with Crippen LogP contribution in [0.4, 0.5) is 11.5 Å². The lowest BCUT2D eigenvalue weighted by Crippen LogP contribution is -2.27. The number of hydrogen-bond acceptors (Lipinski definition) is 4. The highest BCUT2D eigenvalue weighted by Crippen LogP contribution is 2.48. The van der Waals surface area contributed by atoms with Crippen LogP contribution >= 0.6 is 0 Å². The SMILES string of the molecule is O=C(Nc1ccc([N+](=O)[O-])cn1)[C@H]1C[C@H]2CC[C@@H]1C2. The Morgan fingerprint density at radius 2 is 2.21 bits per heavy atom. The molecule has 1 aromatic heterocycles. The largest absolute Gasteiger partial charge is 0.310 e. The van der Waals surface area contributed by atoms with Crippen molar-refractivity contribution in [1.82, 2.24) is 4.98 Å². The highest BCUT2D eigenvalue weighted by Gasteiger charge is 2.43. The van der Waals surface area contributed by atoms with E-state index in [-0.39, 0.29) is 17.5 Å². The number of amides is 1. The third kappa shape index (κ3) is 2.30. The number of rotatable bonds is 3. The van der Waals surface area contributed by atoms with Crippen molar-refractivity contribution in [2.75, 3.05) is 5.32 Å². The molecule has 1 amide bonds. The van der Waals surface area contributed by atoms with Crippen LogP contribution in [0.1, 0.15) is 25.7 Å². The van der Waals surface area contributed by atoms with E-state index in [1.807, 2.05) is 0 Å². The number of nitrogens with zero attached hydrogens (tertiary/aromatic N) is 2. The van der Waals surface area contributed by atoms with Crippen LogP contribution in [0.3, 0.4) is 0 Å². The number of nitrogens with one attached hydrogen (secondary N) is 1. The van der Waals surface area contributed by atoms with Crippen LogP contribution in [0.15, 0.2) is 18.3 Å². The van der Waals surface area contributed by atoms with Crippen molar-refractivity contribution in [3.05, 3.63) is 28.4 Å². The van der Waals surface area contributed by atoms with Gasteiger partial charge in [0.25, 0.3) is 5.69 Å². The Bertz CT molecular complexity index is 514. The quantitative estimate of drug-likeness (QED) is 0.668. The maximum absolute atomic E-state index is 12.1. The van der Waals surface area contributed by atoms with Crippen LogP contribution in [0, 0.1) is 27.9 Å². The molecule has 100 valence electrons. The van der Waals surface area contributed by atoms with Crippen molar-refractivity contribution in [2.45, 2.75) is 25.7 Å². The molecule has 0 saturated heterocycles. The maximum atomic E-state index is 12.1. The van der Waals surface area contributed by atoms with Crippen LogP contribution in [0.5, 0.6) is 0 Å². The number of pyridine rings is 1. The first-order valence-corrected chi connectivity index (χ1v) is 6.55. The number of carbonyl (C=O) groups is 1. The summed E-state index contributed by atoms with van der Waals surface area (Å²) in [5.41, 5.74) is -0.0714. The summed E-state index contributed by atoms with van der Waals surface area (Å²) >= 11 is 0. The zero-order valence-electron chi connectivity index (χ0n) is 10.4. The van der Waals surface area contributed by atoms with Crippen molar-refractivity contribution in [3.63, 3.8) is 0 Å². The molecule has 19 heavy (non-hydrogen) atoms. The summed E-state index contributed by atoms with van der Waals surface area (Å²) in [6.45, 7) is 0. The minimum absolute atomic E-state index is 0.00792. The van der Waals surface area contributed by atoms with E-state index in [4.69, 9.17) is 0 Å². The number of hydrogen-bond donors (Lipinski definition) is 1. The summed E-state index contributed by atoms with van der Waals surface area (Å²) in [4.78, 5) is 26.0. The van der Waals surface area contributed by atoms with Crippen molar-refractivity contribution < 1.29 is 9.72 Å². The fourth-order valence-electron chi connectivity index (χ4n) is 3.35. The molecule has 2 fully saturated rings. The van der Waals surface area contributed by atoms with E-state index in [2.05, 4.69) is 10.3 Å². The summed E-state index contributed by atoms with van der Waals surface area (Å²) in [5.74, 6) is 1.72. The van der Waals surface area contributed by atoms with Gasteiger partial charge in [-0.1, -0.05) is 6.42 Å². The van der Waals surface area contributed by atoms with Crippen molar-refractivity contribution in [2.24, 2.45) is 17.8 Å². The molecule has 0 aromatic carbocycles. The molecule has 3 atom stereocenters. The van der Waals surface area contributed by atoms with Crippen molar-refractivity contribution in [1.29, 1.82) is 0 Å². The summed E-state index contributed by atoms with van der Waals surface area (Å²) in [6.07, 6.45) is 5.71. The van der Waals surface area contributed by atoms with Gasteiger partial charge >= 0.3 is 0 Å². The van der Waals surface area contributed by atoms with Gasteiger partial charge in [-0.2, -0.15) is 0 Å². The maximum Gasteiger partial charge on any atom is 0.287 e. The van der Waals surface area contributed by atoms with Crippen LogP contribution in [0.2, 0.25) is 0 Å². The van der Waals surface area contributed by atoms with Crippen LogP contribution in [-0.4, -0.2) is 15.8 Å². The normalized spacial score (nSPS) is 28.3. The highest BCUT2D eigenvalue weighted by molar-refractivity contribution is 5.92. The number of carbonyl (C=O) groups excluding carboxylic acids is 1. The lowest BCUT2D eigenvalue weighted by molar-refractivity contribution is -0.385. The van der Waals surface area contributed by atoms with E-state index >= 15 is 0 Å². The molecule has 6 nitrogen and oxygen atoms in total. The molecule has 2 aliphatic rings. The Hall–Kier alpha value is -1.98. The molecule has 1 heterocycles. The number of nitro groups is 1. The Morgan fingerprint density at radius 1 is 1.37 bits per heavy atom. The summed E-state index contributed by atoms with van der Waals surface area (Å²) < 4.78 is 0. The molecule has 6 heteroatoms. The molecule has 2 bridgehead atoms. The van der Waals surface area contributed by atoms with Gasteiger partial charge in [-0.15, -0.1) is 0 Å². The van der Waals surface area contributed by atoms with Crippen molar-refractivity contribution in [3.8, 4) is 0 Å². The summed E-state index contributed by atoms with van der Waals surface area (Å²) in [5, 5.41) is 13.3. The topological polar surface area (TPSA) is 85.1 Å². The lowest BCUT2D eigenvalue weighted by atomic mass is 9.88. The van der Waals surface area contributed by atoms with Crippen LogP contribution in [-0.2, 0) is 4.79 Å². The van der Waals surface area contributed by atoms with Crippen LogP contribution < -0.4 is 5.32 Å². The van der Waals surface area contributed by atoms with Crippen LogP contribution in [0.25, 0.3) is 0 Å². The van der Waals surface area contributed by atoms with Gasteiger partial charge < -0.3 is 5.32 Å². The third-order valence-corrected chi connectivity index (χ3v) is 4.28. The smallest absolute Gasteiger partial charge is 0.287 e. The molecule has 0 unspecified atom stereocenters. The lowest BCUT2D eigenvalue weighted by Gasteiger charge is -2.20. The first-order chi connectivity index (χ1) is 9.13. The van der Waals surface area contributed by atoms with Gasteiger partial charge in [-0.25, -0.2) is 4.98 Å². The predicted molar refractivity (Wildman–Crippen MR) is 68.5 cm³/mol. The van der Waals surface area contributed by atoms with Gasteiger partial charge in [0.1, 0.15) is 12.0 Å². The molecule has 0 radical (unpaired) electrons. The molecule has 0 aliphatic heterocycles. The van der Waals surface area contributed by atoms with E-state index < -0.39 is 4.92 Å². The fraction of sp³-hybridized carbons (Fsp3) is 0.538. The Labute approximate surface area is 110 Å². The monoisotopic (exact) mass is 261 g/mol. The molecule has 0 spiro atoms. The molecule has 2 aliphatic carbocycles. The second-order valence-corrected chi connectivity index (χ2v) is 5.43. The fourth-order valence-corrected chi connectivity index (χ4v) is 3.35. The second kappa shape index (κ2) is 4.60. The Balaban J connectivity index is 1.64. The average molecular weight is 261 g/mol. The van der Waals surface area contributed by atoms with Gasteiger partial charge in [-0.3, -0.25) is 14.9 Å². The number of aromatic nitrogens is 1. The van der Waals surface area contributed by atoms with Gasteiger partial charge in [0, 0.05) is 12.0 Å². The van der Waals surface area contributed by atoms with Gasteiger partial charge in [0.2, 0.25) is 5.91 Å². The predicted octanol–water partition coefficient (Wildman–Crippen LogP) is 2.36. The van der Waals surface area contributed by atoms with E-state index in [0.717, 1.165) is 19.0 Å². The third-order valence-electron chi connectivity index (χ3n) is 4.28. The first-order valence-electron chi connectivity index (χ1n) is 6.55. The Kier molecular flexibility index (Phi) is 2.93. The van der Waals surface area contributed by atoms with Crippen molar-refractivity contribution >= 4 is 17.4 Å². The molecule has 3 rings (SSSR count). The molecular formula is C13H15N3O3. The van der Waals surface area contributed by atoms with Gasteiger partial charge in [0.05, 0.1) is 4.92 Å². The van der Waals surface area contributed by atoms with E-state index in [0.29, 0.717) is 17.7 Å². The number of fused-ring (bicyclic) bond motifs is 2. The standard InChI is InChI=1S/C13H15N3O3/c17-13(11-6-8-1-2-9(11)5-8)15-12-4-3-10(7-14-12)16(18)19/h3-4,7-9,11H,1-2,5-6H2,(H,14,15,17)/t8-,9+,11-/m0/s1. The molecule has 1 N–H and O–H groups in total. The zero-order chi connectivity index (χ0) is 13.4. The van der Waals surface area contributed by atoms with Gasteiger partial charge in [-0.05, 0) is 37.2 Å². The summed E-state index contributed by atoms with van der Waals surface area (Å²) in [6, 6.07) is 2.83. The molecule has 1 aromatic rings. The van der Waals surface area contributed by atoms with E-state index in [1.54, 1.807) is 0 Å². The summed E-state index contributed by atoms with van der Waals surface area (Å²) in [7, 11) is 0. The zero-order valence-corrected chi connectivity index (χ0v) is 10.4. The highest BCUT2D eigenvalue weighted by atomic mass is 16.6. The van der Waals surface area contributed by atoms with E-state index in [1.165, 1.54) is 25.0 Å². The number of anilines is 1. The molecular weight excluding hydrogens is 246 g/mol. The minimum Gasteiger partial charge on any atom is -0.310 e. The van der Waals surface area contributed by atoms with Gasteiger partial charge in [0.15, 0.2) is 0 Å². The van der Waals surface area contributed by atoms with E-state index in [9.17, 15) is 14.9 Å². The average Bonchev–Trinajstić information content (AvgIpc) is 3.01. The second-order valence-electron chi connectivity index (χ2n) is 5.43. The first kappa shape index (κ1) is 12.1.